The van der Waals surface area contributed by atoms with Crippen LogP contribution in [0.25, 0.3) is 0 Å². The fourth-order valence-corrected chi connectivity index (χ4v) is 4.24. The number of sulfonamides is 1. The molecule has 174 valence electrons. The highest BCUT2D eigenvalue weighted by Crippen LogP contribution is 2.36. The summed E-state index contributed by atoms with van der Waals surface area (Å²) in [4.78, 5) is 16.1. The number of halogens is 6. The number of rotatable bonds is 6. The summed E-state index contributed by atoms with van der Waals surface area (Å²) in [7, 11) is -3.44. The zero-order valence-electron chi connectivity index (χ0n) is 16.4. The molecular formula is C20H12Cl2F4N2O4S. The van der Waals surface area contributed by atoms with Crippen molar-refractivity contribution in [3.63, 3.8) is 0 Å². The molecule has 0 unspecified atom stereocenters. The fraction of sp³-hybridized carbons (Fsp3) is 0.100. The maximum Gasteiger partial charge on any atom is 0.417 e. The largest absolute Gasteiger partial charge is 0.496 e. The van der Waals surface area contributed by atoms with Gasteiger partial charge in [-0.1, -0.05) is 23.2 Å². The van der Waals surface area contributed by atoms with Crippen molar-refractivity contribution in [1.82, 2.24) is 4.98 Å². The van der Waals surface area contributed by atoms with Crippen LogP contribution >= 0.6 is 23.2 Å². The van der Waals surface area contributed by atoms with Gasteiger partial charge in [0.2, 0.25) is 5.78 Å². The number of alkyl halides is 3. The Morgan fingerprint density at radius 3 is 2.42 bits per heavy atom. The lowest BCUT2D eigenvalue weighted by atomic mass is 10.1. The second kappa shape index (κ2) is 9.16. The van der Waals surface area contributed by atoms with Gasteiger partial charge in [-0.15, -0.1) is 0 Å². The Hall–Kier alpha value is -2.89. The van der Waals surface area contributed by atoms with E-state index < -0.39 is 54.7 Å². The number of nitrogens with zero attached hydrogens (tertiary/aromatic N) is 1. The van der Waals surface area contributed by atoms with Crippen LogP contribution in [0.3, 0.4) is 0 Å². The predicted octanol–water partition coefficient (Wildman–Crippen LogP) is 5.59. The molecule has 1 N–H and O–H groups in total. The highest BCUT2D eigenvalue weighted by atomic mass is 35.5. The summed E-state index contributed by atoms with van der Waals surface area (Å²) in [6.45, 7) is 0. The normalized spacial score (nSPS) is 11.8. The quantitative estimate of drug-likeness (QED) is 0.337. The third kappa shape index (κ3) is 5.37. The van der Waals surface area contributed by atoms with Crippen LogP contribution in [-0.4, -0.2) is 26.3 Å². The average Bonchev–Trinajstić information content (AvgIpc) is 2.72. The fourth-order valence-electron chi connectivity index (χ4n) is 2.77. The van der Waals surface area contributed by atoms with E-state index >= 15 is 0 Å². The molecule has 0 amide bonds. The molecule has 13 heteroatoms. The summed E-state index contributed by atoms with van der Waals surface area (Å²) in [6, 6.07) is 6.09. The van der Waals surface area contributed by atoms with E-state index in [0.29, 0.717) is 6.07 Å². The lowest BCUT2D eigenvalue weighted by Crippen LogP contribution is -2.18. The highest BCUT2D eigenvalue weighted by molar-refractivity contribution is 7.92. The molecule has 0 aliphatic rings. The van der Waals surface area contributed by atoms with Crippen LogP contribution in [0.15, 0.2) is 53.6 Å². The van der Waals surface area contributed by atoms with Gasteiger partial charge < -0.3 is 4.74 Å². The maximum absolute atomic E-state index is 13.5. The van der Waals surface area contributed by atoms with E-state index in [0.717, 1.165) is 42.6 Å². The number of pyridine rings is 1. The Bertz CT molecular complexity index is 1350. The van der Waals surface area contributed by atoms with Crippen LogP contribution in [0.2, 0.25) is 10.0 Å². The second-order valence-corrected chi connectivity index (χ2v) is 8.99. The first kappa shape index (κ1) is 24.7. The first-order valence-corrected chi connectivity index (χ1v) is 11.0. The Morgan fingerprint density at radius 1 is 1.09 bits per heavy atom. The summed E-state index contributed by atoms with van der Waals surface area (Å²) < 4.78 is 85.5. The molecule has 3 aromatic rings. The molecule has 33 heavy (non-hydrogen) atoms. The molecule has 0 aliphatic heterocycles. The molecule has 0 fully saturated rings. The first-order chi connectivity index (χ1) is 15.3. The van der Waals surface area contributed by atoms with Crippen molar-refractivity contribution in [1.29, 1.82) is 0 Å². The van der Waals surface area contributed by atoms with E-state index in [1.807, 2.05) is 4.72 Å². The molecule has 0 atom stereocenters. The molecule has 6 nitrogen and oxygen atoms in total. The van der Waals surface area contributed by atoms with Crippen molar-refractivity contribution in [2.75, 3.05) is 11.8 Å². The molecule has 0 saturated carbocycles. The van der Waals surface area contributed by atoms with Crippen molar-refractivity contribution >= 4 is 44.7 Å². The van der Waals surface area contributed by atoms with Crippen LogP contribution in [0.5, 0.6) is 5.75 Å². The van der Waals surface area contributed by atoms with Gasteiger partial charge in [0.15, 0.2) is 0 Å². The van der Waals surface area contributed by atoms with Crippen molar-refractivity contribution in [2.45, 2.75) is 11.1 Å². The summed E-state index contributed by atoms with van der Waals surface area (Å²) in [5.74, 6) is -1.68. The Kier molecular flexibility index (Phi) is 6.87. The van der Waals surface area contributed by atoms with Gasteiger partial charge in [0, 0.05) is 12.3 Å². The first-order valence-electron chi connectivity index (χ1n) is 8.77. The Balaban J connectivity index is 2.07. The van der Waals surface area contributed by atoms with Crippen LogP contribution in [0.4, 0.5) is 23.2 Å². The third-order valence-electron chi connectivity index (χ3n) is 4.28. The van der Waals surface area contributed by atoms with Gasteiger partial charge in [-0.3, -0.25) is 9.52 Å². The van der Waals surface area contributed by atoms with Crippen molar-refractivity contribution in [2.24, 2.45) is 0 Å². The van der Waals surface area contributed by atoms with Crippen LogP contribution in [0, 0.1) is 5.82 Å². The second-order valence-electron chi connectivity index (χ2n) is 6.47. The van der Waals surface area contributed by atoms with Crippen molar-refractivity contribution < 1.29 is 35.5 Å². The molecule has 2 aromatic carbocycles. The zero-order chi connectivity index (χ0) is 24.6. The predicted molar refractivity (Wildman–Crippen MR) is 113 cm³/mol. The van der Waals surface area contributed by atoms with Gasteiger partial charge in [0.1, 0.15) is 17.3 Å². The third-order valence-corrected chi connectivity index (χ3v) is 6.17. The van der Waals surface area contributed by atoms with E-state index in [4.69, 9.17) is 27.9 Å². The van der Waals surface area contributed by atoms with E-state index in [1.165, 1.54) is 7.11 Å². The summed E-state index contributed by atoms with van der Waals surface area (Å²) >= 11 is 11.4. The van der Waals surface area contributed by atoms with E-state index in [1.54, 1.807) is 0 Å². The number of carbonyl (C=O) groups excluding carboxylic acids is 1. The number of aromatic nitrogens is 1. The molecule has 0 saturated heterocycles. The van der Waals surface area contributed by atoms with Gasteiger partial charge in [0.05, 0.1) is 38.9 Å². The average molecular weight is 523 g/mol. The smallest absolute Gasteiger partial charge is 0.417 e. The highest BCUT2D eigenvalue weighted by Gasteiger charge is 2.35. The van der Waals surface area contributed by atoms with Gasteiger partial charge in [-0.25, -0.2) is 17.8 Å². The number of hydrogen-bond donors (Lipinski definition) is 1. The molecule has 3 rings (SSSR count). The summed E-state index contributed by atoms with van der Waals surface area (Å²) in [6.07, 6.45) is -3.84. The Morgan fingerprint density at radius 2 is 1.79 bits per heavy atom. The lowest BCUT2D eigenvalue weighted by molar-refractivity contribution is -0.137. The van der Waals surface area contributed by atoms with E-state index in [9.17, 15) is 30.8 Å². The number of carbonyl (C=O) groups is 1. The molecule has 0 aliphatic carbocycles. The number of benzene rings is 2. The Labute approximate surface area is 195 Å². The number of hydrogen-bond acceptors (Lipinski definition) is 5. The standard InChI is InChI=1S/C20H12Cl2F4N2O4S/c1-32-17-7-11(23)2-4-13(17)19(29)18-16(6-10(21)9-27-18)28-33(30,31)12-3-5-15(22)14(8-12)20(24,25)26/h2-9,28H,1H3. The van der Waals surface area contributed by atoms with Crippen LogP contribution in [-0.2, 0) is 16.2 Å². The SMILES string of the molecule is COc1cc(F)ccc1C(=O)c1ncc(Cl)cc1NS(=O)(=O)c1ccc(Cl)c(C(F)(F)F)c1. The monoisotopic (exact) mass is 522 g/mol. The molecule has 1 heterocycles. The molecule has 0 spiro atoms. The summed E-state index contributed by atoms with van der Waals surface area (Å²) in [5.41, 5.74) is -2.36. The lowest BCUT2D eigenvalue weighted by Gasteiger charge is -2.15. The van der Waals surface area contributed by atoms with Gasteiger partial charge in [0.25, 0.3) is 10.0 Å². The number of ether oxygens (including phenoxy) is 1. The molecule has 1 aromatic heterocycles. The van der Waals surface area contributed by atoms with Gasteiger partial charge >= 0.3 is 6.18 Å². The van der Waals surface area contributed by atoms with Gasteiger partial charge in [-0.2, -0.15) is 13.2 Å². The molecular weight excluding hydrogens is 511 g/mol. The number of ketones is 1. The maximum atomic E-state index is 13.5. The minimum atomic E-state index is -4.90. The van der Waals surface area contributed by atoms with Crippen LogP contribution in [0.1, 0.15) is 21.6 Å². The minimum Gasteiger partial charge on any atom is -0.496 e. The minimum absolute atomic E-state index is 0.0672. The topological polar surface area (TPSA) is 85.4 Å². The van der Waals surface area contributed by atoms with E-state index in [-0.39, 0.29) is 16.3 Å². The number of anilines is 1. The number of nitrogens with one attached hydrogen (secondary N) is 1. The number of methoxy groups -OCH3 is 1. The zero-order valence-corrected chi connectivity index (χ0v) is 18.7. The molecule has 0 bridgehead atoms. The van der Waals surface area contributed by atoms with E-state index in [2.05, 4.69) is 4.98 Å². The van der Waals surface area contributed by atoms with Crippen molar-refractivity contribution in [3.05, 3.63) is 81.3 Å². The van der Waals surface area contributed by atoms with Gasteiger partial charge in [-0.05, 0) is 36.4 Å². The van der Waals surface area contributed by atoms with Crippen LogP contribution < -0.4 is 9.46 Å². The molecule has 0 radical (unpaired) electrons. The summed E-state index contributed by atoms with van der Waals surface area (Å²) in [5, 5.41) is -0.757. The van der Waals surface area contributed by atoms with Crippen molar-refractivity contribution in [3.8, 4) is 5.75 Å².